The molecular weight excluding hydrogens is 307 g/mol. The van der Waals surface area contributed by atoms with Crippen LogP contribution in [0, 0.1) is 5.92 Å². The maximum Gasteiger partial charge on any atom is 0.393 e. The first kappa shape index (κ1) is 18.7. The molecule has 0 spiro atoms. The Hall–Kier alpha value is -0.380. The van der Waals surface area contributed by atoms with E-state index in [1.54, 1.807) is 0 Å². The maximum atomic E-state index is 12.7. The Morgan fingerprint density at radius 2 is 2.05 bits per heavy atom. The Balaban J connectivity index is 2.60. The van der Waals surface area contributed by atoms with Crippen molar-refractivity contribution in [3.8, 4) is 0 Å². The predicted molar refractivity (Wildman–Crippen MR) is 75.1 cm³/mol. The number of rotatable bonds is 7. The summed E-state index contributed by atoms with van der Waals surface area (Å²) in [6, 6.07) is 0. The lowest BCUT2D eigenvalue weighted by Gasteiger charge is -2.35. The highest BCUT2D eigenvalue weighted by Gasteiger charge is 2.44. The van der Waals surface area contributed by atoms with E-state index in [4.69, 9.17) is 0 Å². The highest BCUT2D eigenvalue weighted by atomic mass is 32.2. The van der Waals surface area contributed by atoms with Crippen LogP contribution in [0.1, 0.15) is 26.2 Å². The van der Waals surface area contributed by atoms with Crippen molar-refractivity contribution in [1.29, 1.82) is 0 Å². The van der Waals surface area contributed by atoms with E-state index >= 15 is 0 Å². The van der Waals surface area contributed by atoms with Gasteiger partial charge in [-0.15, -0.1) is 0 Å². The first-order valence-electron chi connectivity index (χ1n) is 7.18. The second-order valence-corrected chi connectivity index (χ2v) is 7.31. The van der Waals surface area contributed by atoms with Gasteiger partial charge in [0.2, 0.25) is 0 Å². The van der Waals surface area contributed by atoms with Gasteiger partial charge in [0.15, 0.2) is 0 Å². The fourth-order valence-electron chi connectivity index (χ4n) is 2.34. The topological polar surface area (TPSA) is 52.7 Å². The molecule has 0 saturated carbocycles. The van der Waals surface area contributed by atoms with Crippen molar-refractivity contribution < 1.29 is 21.6 Å². The molecular formula is C12H24F3N3O2S. The van der Waals surface area contributed by atoms with Gasteiger partial charge < -0.3 is 5.32 Å². The predicted octanol–water partition coefficient (Wildman–Crippen LogP) is 1.44. The van der Waals surface area contributed by atoms with Gasteiger partial charge in [-0.2, -0.15) is 30.2 Å². The summed E-state index contributed by atoms with van der Waals surface area (Å²) in [5, 5.41) is 3.08. The molecule has 1 rings (SSSR count). The van der Waals surface area contributed by atoms with E-state index in [1.165, 1.54) is 7.05 Å². The summed E-state index contributed by atoms with van der Waals surface area (Å²) in [5.74, 6) is -1.56. The van der Waals surface area contributed by atoms with Gasteiger partial charge in [-0.3, -0.25) is 0 Å². The van der Waals surface area contributed by atoms with E-state index in [9.17, 15) is 21.6 Å². The molecule has 1 heterocycles. The Kier molecular flexibility index (Phi) is 6.89. The van der Waals surface area contributed by atoms with Crippen LogP contribution in [0.15, 0.2) is 0 Å². The highest BCUT2D eigenvalue weighted by Crippen LogP contribution is 2.34. The minimum atomic E-state index is -4.34. The van der Waals surface area contributed by atoms with Gasteiger partial charge in [0.05, 0.1) is 5.92 Å². The molecule has 0 bridgehead atoms. The molecule has 0 aliphatic carbocycles. The van der Waals surface area contributed by atoms with E-state index in [2.05, 4.69) is 5.32 Å². The number of halogens is 3. The summed E-state index contributed by atoms with van der Waals surface area (Å²) >= 11 is 0. The third kappa shape index (κ3) is 5.39. The van der Waals surface area contributed by atoms with E-state index < -0.39 is 28.8 Å². The van der Waals surface area contributed by atoms with Gasteiger partial charge in [-0.1, -0.05) is 6.92 Å². The van der Waals surface area contributed by atoms with Crippen LogP contribution in [-0.2, 0) is 10.2 Å². The summed E-state index contributed by atoms with van der Waals surface area (Å²) in [7, 11) is -2.39. The van der Waals surface area contributed by atoms with Crippen LogP contribution in [0.4, 0.5) is 13.2 Å². The van der Waals surface area contributed by atoms with Crippen molar-refractivity contribution in [2.75, 3.05) is 39.8 Å². The summed E-state index contributed by atoms with van der Waals surface area (Å²) in [4.78, 5) is 0. The Morgan fingerprint density at radius 3 is 2.62 bits per heavy atom. The average molecular weight is 331 g/mol. The number of hydrogen-bond acceptors (Lipinski definition) is 3. The number of nitrogens with one attached hydrogen (secondary N) is 1. The zero-order valence-electron chi connectivity index (χ0n) is 12.5. The molecule has 0 radical (unpaired) electrons. The molecule has 1 saturated heterocycles. The molecule has 5 nitrogen and oxygen atoms in total. The molecule has 126 valence electrons. The molecule has 21 heavy (non-hydrogen) atoms. The van der Waals surface area contributed by atoms with Crippen molar-refractivity contribution in [2.24, 2.45) is 5.92 Å². The monoisotopic (exact) mass is 331 g/mol. The Morgan fingerprint density at radius 1 is 1.38 bits per heavy atom. The number of hydrogen-bond donors (Lipinski definition) is 1. The van der Waals surface area contributed by atoms with Crippen LogP contribution < -0.4 is 5.32 Å². The smallest absolute Gasteiger partial charge is 0.317 e. The molecule has 1 fully saturated rings. The van der Waals surface area contributed by atoms with Gasteiger partial charge in [0.1, 0.15) is 0 Å². The molecule has 0 aromatic heterocycles. The molecule has 0 amide bonds. The van der Waals surface area contributed by atoms with Crippen LogP contribution in [0.25, 0.3) is 0 Å². The lowest BCUT2D eigenvalue weighted by atomic mass is 9.99. The largest absolute Gasteiger partial charge is 0.393 e. The Labute approximate surface area is 124 Å². The zero-order chi connectivity index (χ0) is 16.1. The second-order valence-electron chi connectivity index (χ2n) is 5.28. The number of piperidine rings is 1. The number of alkyl halides is 3. The van der Waals surface area contributed by atoms with E-state index in [1.807, 2.05) is 6.92 Å². The fraction of sp³-hybridized carbons (Fsp3) is 1.00. The van der Waals surface area contributed by atoms with Gasteiger partial charge in [0.25, 0.3) is 10.2 Å². The van der Waals surface area contributed by atoms with Crippen molar-refractivity contribution in [2.45, 2.75) is 32.4 Å². The Bertz CT molecular complexity index is 414. The maximum absolute atomic E-state index is 12.7. The van der Waals surface area contributed by atoms with Crippen molar-refractivity contribution in [1.82, 2.24) is 13.9 Å². The van der Waals surface area contributed by atoms with E-state index in [0.717, 1.165) is 15.2 Å². The number of nitrogens with zero attached hydrogens (tertiary/aromatic N) is 2. The summed E-state index contributed by atoms with van der Waals surface area (Å²) < 4.78 is 64.9. The highest BCUT2D eigenvalue weighted by molar-refractivity contribution is 7.86. The van der Waals surface area contributed by atoms with Gasteiger partial charge in [-0.25, -0.2) is 0 Å². The molecule has 1 atom stereocenters. The molecule has 1 N–H and O–H groups in total. The zero-order valence-corrected chi connectivity index (χ0v) is 13.3. The van der Waals surface area contributed by atoms with Crippen molar-refractivity contribution in [3.05, 3.63) is 0 Å². The lowest BCUT2D eigenvalue weighted by molar-refractivity contribution is -0.182. The molecule has 1 aliphatic rings. The van der Waals surface area contributed by atoms with Crippen LogP contribution in [0.3, 0.4) is 0 Å². The van der Waals surface area contributed by atoms with Gasteiger partial charge >= 0.3 is 6.18 Å². The average Bonchev–Trinajstić information content (AvgIpc) is 2.42. The normalized spacial score (nSPS) is 21.9. The third-order valence-electron chi connectivity index (χ3n) is 3.64. The van der Waals surface area contributed by atoms with Crippen molar-refractivity contribution in [3.63, 3.8) is 0 Å². The molecule has 1 unspecified atom stereocenters. The van der Waals surface area contributed by atoms with Gasteiger partial charge in [-0.05, 0) is 32.4 Å². The van der Waals surface area contributed by atoms with Crippen LogP contribution in [0.2, 0.25) is 0 Å². The molecule has 9 heteroatoms. The third-order valence-corrected chi connectivity index (χ3v) is 5.60. The quantitative estimate of drug-likeness (QED) is 0.718. The summed E-state index contributed by atoms with van der Waals surface area (Å²) in [6.07, 6.45) is -3.47. The molecule has 1 aliphatic heterocycles. The standard InChI is InChI=1S/C12H24F3N3O2S/c1-3-16-7-5-8-17(2)21(19,20)18-9-4-6-11(10-18)12(13,14)15/h11,16H,3-10H2,1-2H3. The lowest BCUT2D eigenvalue weighted by Crippen LogP contribution is -2.49. The first-order valence-corrected chi connectivity index (χ1v) is 8.58. The van der Waals surface area contributed by atoms with Crippen LogP contribution in [-0.4, -0.2) is 63.0 Å². The van der Waals surface area contributed by atoms with Crippen molar-refractivity contribution >= 4 is 10.2 Å². The second kappa shape index (κ2) is 7.75. The van der Waals surface area contributed by atoms with E-state index in [-0.39, 0.29) is 19.4 Å². The summed E-state index contributed by atoms with van der Waals surface area (Å²) in [6.45, 7) is 3.42. The fourth-order valence-corrected chi connectivity index (χ4v) is 3.82. The molecule has 0 aromatic rings. The minimum absolute atomic E-state index is 0.000343. The SMILES string of the molecule is CCNCCCN(C)S(=O)(=O)N1CCCC(C(F)(F)F)C1. The van der Waals surface area contributed by atoms with Crippen LogP contribution in [0.5, 0.6) is 0 Å². The minimum Gasteiger partial charge on any atom is -0.317 e. The van der Waals surface area contributed by atoms with E-state index in [0.29, 0.717) is 19.5 Å². The molecule has 0 aromatic carbocycles. The van der Waals surface area contributed by atoms with Crippen LogP contribution >= 0.6 is 0 Å². The van der Waals surface area contributed by atoms with Gasteiger partial charge in [0, 0.05) is 26.7 Å². The first-order chi connectivity index (χ1) is 9.69. The summed E-state index contributed by atoms with van der Waals surface area (Å²) in [5.41, 5.74) is 0.